The first-order chi connectivity index (χ1) is 22.7. The smallest absolute Gasteiger partial charge is 0.411 e. The van der Waals surface area contributed by atoms with Crippen molar-refractivity contribution in [2.24, 2.45) is 11.8 Å². The van der Waals surface area contributed by atoms with Crippen molar-refractivity contribution < 1.29 is 19.1 Å². The molecule has 47 heavy (non-hydrogen) atoms. The molecule has 0 aliphatic carbocycles. The van der Waals surface area contributed by atoms with Gasteiger partial charge in [-0.1, -0.05) is 18.2 Å². The van der Waals surface area contributed by atoms with E-state index in [4.69, 9.17) is 10.5 Å². The molecule has 4 heterocycles. The lowest BCUT2D eigenvalue weighted by atomic mass is 9.77. The van der Waals surface area contributed by atoms with Crippen molar-refractivity contribution in [2.45, 2.75) is 69.7 Å². The minimum Gasteiger partial charge on any atom is -0.444 e. The molecular formula is C35H46Br2N6O4. The summed E-state index contributed by atoms with van der Waals surface area (Å²) in [5.41, 5.74) is 8.52. The molecule has 6 rings (SSSR count). The number of hydrogen-bond donors (Lipinski definition) is 2. The van der Waals surface area contributed by atoms with Crippen molar-refractivity contribution in [1.29, 1.82) is 0 Å². The molecule has 2 atom stereocenters. The molecule has 4 aliphatic rings. The second-order valence-electron chi connectivity index (χ2n) is 13.7. The normalized spacial score (nSPS) is 25.2. The second kappa shape index (κ2) is 14.8. The second-order valence-corrected chi connectivity index (χ2v) is 15.4. The maximum absolute atomic E-state index is 14.1. The molecule has 0 spiro atoms. The zero-order chi connectivity index (χ0) is 33.1. The van der Waals surface area contributed by atoms with Crippen LogP contribution < -0.4 is 11.1 Å². The van der Waals surface area contributed by atoms with Crippen LogP contribution in [-0.4, -0.2) is 96.0 Å². The number of nitrogens with zero attached hydrogens (tertiary/aromatic N) is 4. The molecule has 0 unspecified atom stereocenters. The Morgan fingerprint density at radius 2 is 1.66 bits per heavy atom. The Labute approximate surface area is 294 Å². The largest absolute Gasteiger partial charge is 0.444 e. The van der Waals surface area contributed by atoms with Gasteiger partial charge in [-0.25, -0.2) is 9.59 Å². The van der Waals surface area contributed by atoms with E-state index in [1.165, 1.54) is 12.8 Å². The highest BCUT2D eigenvalue weighted by atomic mass is 79.9. The highest BCUT2D eigenvalue weighted by Crippen LogP contribution is 2.42. The number of nitrogens with one attached hydrogen (secondary N) is 1. The maximum Gasteiger partial charge on any atom is 0.411 e. The third-order valence-corrected chi connectivity index (χ3v) is 12.3. The Hall–Kier alpha value is -2.67. The van der Waals surface area contributed by atoms with Crippen LogP contribution >= 0.6 is 31.9 Å². The molecule has 4 aliphatic heterocycles. The molecule has 0 saturated carbocycles. The average Bonchev–Trinajstić information content (AvgIpc) is 3.24. The number of carbonyl (C=O) groups excluding carboxylic acids is 3. The number of hydrogen-bond acceptors (Lipinski definition) is 7. The van der Waals surface area contributed by atoms with Crippen LogP contribution in [-0.2, 0) is 22.6 Å². The summed E-state index contributed by atoms with van der Waals surface area (Å²) in [5.74, 6) is 1.36. The van der Waals surface area contributed by atoms with Crippen LogP contribution in [0.1, 0.15) is 56.1 Å². The molecule has 2 aromatic carbocycles. The highest BCUT2D eigenvalue weighted by molar-refractivity contribution is 9.11. The monoisotopic (exact) mass is 772 g/mol. The molecule has 0 radical (unpaired) electrons. The fourth-order valence-electron chi connectivity index (χ4n) is 8.33. The number of halogens is 2. The Morgan fingerprint density at radius 1 is 1.00 bits per heavy atom. The number of fused-ring (bicyclic) bond motifs is 1. The first-order valence-corrected chi connectivity index (χ1v) is 18.5. The van der Waals surface area contributed by atoms with Gasteiger partial charge in [0.05, 0.1) is 5.69 Å². The van der Waals surface area contributed by atoms with Crippen LogP contribution in [0.25, 0.3) is 0 Å². The lowest BCUT2D eigenvalue weighted by Gasteiger charge is -2.57. The number of anilines is 2. The topological polar surface area (TPSA) is 111 Å². The predicted molar refractivity (Wildman–Crippen MR) is 190 cm³/mol. The molecule has 0 aromatic heterocycles. The van der Waals surface area contributed by atoms with Crippen molar-refractivity contribution in [3.63, 3.8) is 0 Å². The van der Waals surface area contributed by atoms with Gasteiger partial charge in [-0.3, -0.25) is 9.80 Å². The number of likely N-dealkylation sites (tertiary alicyclic amines) is 3. The molecule has 0 bridgehead atoms. The fraction of sp³-hybridized carbons (Fsp3) is 0.571. The van der Waals surface area contributed by atoms with Crippen molar-refractivity contribution in [2.75, 3.05) is 57.4 Å². The number of amides is 3. The van der Waals surface area contributed by atoms with E-state index < -0.39 is 11.8 Å². The van der Waals surface area contributed by atoms with Gasteiger partial charge in [0, 0.05) is 59.7 Å². The number of rotatable bonds is 7. The van der Waals surface area contributed by atoms with E-state index in [-0.39, 0.29) is 25.1 Å². The molecule has 3 saturated heterocycles. The molecule has 3 amide bonds. The minimum absolute atomic E-state index is 0.0679. The van der Waals surface area contributed by atoms with Gasteiger partial charge in [0.1, 0.15) is 18.6 Å². The number of benzene rings is 2. The lowest BCUT2D eigenvalue weighted by Crippen LogP contribution is -2.69. The zero-order valence-electron chi connectivity index (χ0n) is 27.1. The number of aldehydes is 1. The summed E-state index contributed by atoms with van der Waals surface area (Å²) in [6, 6.07) is 11.4. The Kier molecular flexibility index (Phi) is 10.8. The Morgan fingerprint density at radius 3 is 2.34 bits per heavy atom. The van der Waals surface area contributed by atoms with Crippen LogP contribution in [0.15, 0.2) is 45.3 Å². The van der Waals surface area contributed by atoms with Gasteiger partial charge < -0.3 is 30.4 Å². The van der Waals surface area contributed by atoms with Crippen molar-refractivity contribution in [1.82, 2.24) is 19.6 Å². The lowest BCUT2D eigenvalue weighted by molar-refractivity contribution is -0.129. The number of carbonyl (C=O) groups is 3. The molecule has 12 heteroatoms. The number of ether oxygens (including phenoxy) is 1. The van der Waals surface area contributed by atoms with Gasteiger partial charge in [0.2, 0.25) is 0 Å². The van der Waals surface area contributed by atoms with Crippen LogP contribution in [0.5, 0.6) is 0 Å². The van der Waals surface area contributed by atoms with Crippen molar-refractivity contribution >= 4 is 61.6 Å². The first kappa shape index (κ1) is 34.2. The average molecular weight is 775 g/mol. The summed E-state index contributed by atoms with van der Waals surface area (Å²) in [6.45, 7) is 4.92. The summed E-state index contributed by atoms with van der Waals surface area (Å²) in [4.78, 5) is 48.7. The van der Waals surface area contributed by atoms with E-state index >= 15 is 0 Å². The minimum atomic E-state index is -0.888. The molecule has 10 nitrogen and oxygen atoms in total. The van der Waals surface area contributed by atoms with Crippen LogP contribution in [0, 0.1) is 11.8 Å². The first-order valence-electron chi connectivity index (χ1n) is 16.9. The van der Waals surface area contributed by atoms with E-state index in [2.05, 4.69) is 60.1 Å². The van der Waals surface area contributed by atoms with Crippen LogP contribution in [0.2, 0.25) is 0 Å². The zero-order valence-corrected chi connectivity index (χ0v) is 30.3. The van der Waals surface area contributed by atoms with Gasteiger partial charge in [-0.15, -0.1) is 0 Å². The summed E-state index contributed by atoms with van der Waals surface area (Å²) >= 11 is 6.96. The van der Waals surface area contributed by atoms with Gasteiger partial charge in [-0.05, 0) is 132 Å². The summed E-state index contributed by atoms with van der Waals surface area (Å²) in [5, 5.41) is 3.12. The summed E-state index contributed by atoms with van der Waals surface area (Å²) in [6.07, 6.45) is 7.02. The van der Waals surface area contributed by atoms with Crippen molar-refractivity contribution in [3.8, 4) is 0 Å². The highest BCUT2D eigenvalue weighted by Gasteiger charge is 2.52. The van der Waals surface area contributed by atoms with Gasteiger partial charge in [0.25, 0.3) is 0 Å². The van der Waals surface area contributed by atoms with Gasteiger partial charge in [0.15, 0.2) is 0 Å². The van der Waals surface area contributed by atoms with Gasteiger partial charge in [-0.2, -0.15) is 0 Å². The third-order valence-electron chi connectivity index (χ3n) is 11.0. The van der Waals surface area contributed by atoms with E-state index in [9.17, 15) is 14.4 Å². The summed E-state index contributed by atoms with van der Waals surface area (Å²) in [7, 11) is 2.20. The quantitative estimate of drug-likeness (QED) is 0.250. The van der Waals surface area contributed by atoms with E-state index in [1.807, 2.05) is 35.2 Å². The number of nitrogen functional groups attached to an aromatic ring is 1. The molecule has 3 fully saturated rings. The molecule has 254 valence electrons. The molecular weight excluding hydrogens is 728 g/mol. The molecule has 3 N–H and O–H groups in total. The van der Waals surface area contributed by atoms with E-state index in [0.29, 0.717) is 37.5 Å². The van der Waals surface area contributed by atoms with Gasteiger partial charge >= 0.3 is 12.1 Å². The predicted octanol–water partition coefficient (Wildman–Crippen LogP) is 6.32. The SMILES string of the molecule is CN1CCC(C2CCN([C@]3(CC=O)C[C@H](N4CCc5ccccc5NC4=O)CCN3C(=O)OCc3cc(Br)c(N)c(Br)c3)CC2)CC1. The number of para-hydroxylation sites is 1. The molecule has 2 aromatic rings. The number of urea groups is 1. The maximum atomic E-state index is 14.1. The van der Waals surface area contributed by atoms with Crippen molar-refractivity contribution in [3.05, 3.63) is 56.5 Å². The van der Waals surface area contributed by atoms with E-state index in [0.717, 1.165) is 83.4 Å². The number of piperidine rings is 3. The fourth-order valence-corrected chi connectivity index (χ4v) is 9.61. The third kappa shape index (κ3) is 7.35. The van der Waals surface area contributed by atoms with Crippen LogP contribution in [0.4, 0.5) is 21.0 Å². The Bertz CT molecular complexity index is 1440. The standard InChI is InChI=1S/C35H46Br2N6O4/c1-40-13-6-25(7-14-40)26-8-15-41(16-9-26)35(12-19-44)22-28(42-17-10-27-4-2-3-5-31(27)39-33(42)45)11-18-43(35)34(46)47-23-24-20-29(36)32(38)30(37)21-24/h2-5,19-21,25-26,28H,6-18,22-23,38H2,1H3,(H,39,45)/t28-,35+/m1/s1. The Balaban J connectivity index is 1.24. The summed E-state index contributed by atoms with van der Waals surface area (Å²) < 4.78 is 7.41. The number of nitrogens with two attached hydrogens (primary N) is 1. The van der Waals surface area contributed by atoms with Crippen LogP contribution in [0.3, 0.4) is 0 Å². The van der Waals surface area contributed by atoms with E-state index in [1.54, 1.807) is 4.90 Å².